The SMILES string of the molecule is CCCCCCCCCCCCCCCCCCCCCCCCC(N)C(=O)O. The highest BCUT2D eigenvalue weighted by atomic mass is 16.4. The fraction of sp³-hybridized carbons (Fsp3) is 0.962. The normalized spacial score (nSPS) is 12.3. The van der Waals surface area contributed by atoms with Gasteiger partial charge in [-0.15, -0.1) is 0 Å². The molecule has 0 aromatic rings. The van der Waals surface area contributed by atoms with E-state index in [1.165, 1.54) is 128 Å². The molecule has 0 radical (unpaired) electrons. The zero-order valence-electron chi connectivity index (χ0n) is 19.8. The van der Waals surface area contributed by atoms with Gasteiger partial charge >= 0.3 is 5.97 Å². The smallest absolute Gasteiger partial charge is 0.320 e. The monoisotopic (exact) mass is 411 g/mol. The third kappa shape index (κ3) is 23.6. The van der Waals surface area contributed by atoms with Crippen molar-refractivity contribution in [1.82, 2.24) is 0 Å². The van der Waals surface area contributed by atoms with E-state index in [9.17, 15) is 4.79 Å². The maximum Gasteiger partial charge on any atom is 0.320 e. The molecular weight excluding hydrogens is 358 g/mol. The van der Waals surface area contributed by atoms with Crippen molar-refractivity contribution in [3.8, 4) is 0 Å². The fourth-order valence-electron chi connectivity index (χ4n) is 4.10. The van der Waals surface area contributed by atoms with E-state index in [2.05, 4.69) is 6.92 Å². The third-order valence-electron chi connectivity index (χ3n) is 6.19. The number of carboxylic acids is 1. The van der Waals surface area contributed by atoms with E-state index in [-0.39, 0.29) is 0 Å². The summed E-state index contributed by atoms with van der Waals surface area (Å²) in [4.78, 5) is 10.6. The molecule has 0 spiro atoms. The molecule has 0 bridgehead atoms. The van der Waals surface area contributed by atoms with E-state index in [4.69, 9.17) is 10.8 Å². The Labute approximate surface area is 182 Å². The van der Waals surface area contributed by atoms with Crippen molar-refractivity contribution in [3.05, 3.63) is 0 Å². The molecule has 0 saturated carbocycles. The zero-order chi connectivity index (χ0) is 21.4. The van der Waals surface area contributed by atoms with E-state index in [0.717, 1.165) is 12.8 Å². The molecule has 3 nitrogen and oxygen atoms in total. The molecule has 0 aliphatic rings. The molecule has 0 heterocycles. The molecule has 1 atom stereocenters. The van der Waals surface area contributed by atoms with Gasteiger partial charge in [-0.1, -0.05) is 148 Å². The van der Waals surface area contributed by atoms with Gasteiger partial charge in [0.05, 0.1) is 0 Å². The summed E-state index contributed by atoms with van der Waals surface area (Å²) in [6.45, 7) is 2.29. The Bertz CT molecular complexity index is 333. The van der Waals surface area contributed by atoms with Gasteiger partial charge in [0.2, 0.25) is 0 Å². The molecule has 29 heavy (non-hydrogen) atoms. The van der Waals surface area contributed by atoms with Crippen molar-refractivity contribution in [3.63, 3.8) is 0 Å². The van der Waals surface area contributed by atoms with Gasteiger partial charge in [0, 0.05) is 0 Å². The second-order valence-electron chi connectivity index (χ2n) is 9.16. The quantitative estimate of drug-likeness (QED) is 0.157. The molecule has 3 heteroatoms. The molecule has 1 unspecified atom stereocenters. The summed E-state index contributed by atoms with van der Waals surface area (Å²) in [7, 11) is 0. The van der Waals surface area contributed by atoms with Crippen LogP contribution in [0.5, 0.6) is 0 Å². The Morgan fingerprint density at radius 3 is 1.03 bits per heavy atom. The maximum atomic E-state index is 10.6. The molecular formula is C26H53NO2. The summed E-state index contributed by atoms with van der Waals surface area (Å²) in [6, 6.07) is -0.667. The lowest BCUT2D eigenvalue weighted by atomic mass is 10.0. The van der Waals surface area contributed by atoms with Crippen LogP contribution in [0.2, 0.25) is 0 Å². The minimum absolute atomic E-state index is 0.620. The molecule has 0 aliphatic carbocycles. The van der Waals surface area contributed by atoms with Gasteiger partial charge in [-0.05, 0) is 6.42 Å². The topological polar surface area (TPSA) is 63.3 Å². The highest BCUT2D eigenvalue weighted by Crippen LogP contribution is 2.15. The van der Waals surface area contributed by atoms with Crippen LogP contribution in [0.25, 0.3) is 0 Å². The molecule has 0 fully saturated rings. The van der Waals surface area contributed by atoms with Crippen LogP contribution in [0.3, 0.4) is 0 Å². The van der Waals surface area contributed by atoms with Crippen LogP contribution in [-0.4, -0.2) is 17.1 Å². The number of aliphatic carboxylic acids is 1. The van der Waals surface area contributed by atoms with Crippen LogP contribution < -0.4 is 5.73 Å². The number of carbonyl (C=O) groups is 1. The van der Waals surface area contributed by atoms with Crippen LogP contribution in [0.4, 0.5) is 0 Å². The van der Waals surface area contributed by atoms with Gasteiger partial charge in [0.25, 0.3) is 0 Å². The van der Waals surface area contributed by atoms with E-state index >= 15 is 0 Å². The first-order valence-electron chi connectivity index (χ1n) is 13.2. The van der Waals surface area contributed by atoms with E-state index < -0.39 is 12.0 Å². The zero-order valence-corrected chi connectivity index (χ0v) is 19.8. The number of carboxylic acid groups (broad SMARTS) is 1. The number of rotatable bonds is 24. The molecule has 0 saturated heterocycles. The van der Waals surface area contributed by atoms with Crippen molar-refractivity contribution in [2.24, 2.45) is 5.73 Å². The minimum Gasteiger partial charge on any atom is -0.480 e. The molecule has 174 valence electrons. The Morgan fingerprint density at radius 2 is 0.793 bits per heavy atom. The first-order valence-corrected chi connectivity index (χ1v) is 13.2. The van der Waals surface area contributed by atoms with Crippen molar-refractivity contribution >= 4 is 5.97 Å². The number of hydrogen-bond acceptors (Lipinski definition) is 2. The van der Waals surface area contributed by atoms with Crippen LogP contribution in [0.1, 0.15) is 155 Å². The van der Waals surface area contributed by atoms with Gasteiger partial charge in [0.1, 0.15) is 6.04 Å². The predicted octanol–water partition coefficient (Wildman–Crippen LogP) is 8.39. The number of unbranched alkanes of at least 4 members (excludes halogenated alkanes) is 21. The van der Waals surface area contributed by atoms with Gasteiger partial charge in [-0.3, -0.25) is 4.79 Å². The summed E-state index contributed by atoms with van der Waals surface area (Å²) < 4.78 is 0. The summed E-state index contributed by atoms with van der Waals surface area (Å²) in [6.07, 6.45) is 30.9. The summed E-state index contributed by atoms with van der Waals surface area (Å²) >= 11 is 0. The highest BCUT2D eigenvalue weighted by molar-refractivity contribution is 5.72. The lowest BCUT2D eigenvalue weighted by molar-refractivity contribution is -0.138. The lowest BCUT2D eigenvalue weighted by Gasteiger charge is -2.06. The summed E-state index contributed by atoms with van der Waals surface area (Å²) in [5.41, 5.74) is 5.51. The lowest BCUT2D eigenvalue weighted by Crippen LogP contribution is -2.29. The highest BCUT2D eigenvalue weighted by Gasteiger charge is 2.09. The first-order chi connectivity index (χ1) is 14.2. The summed E-state index contributed by atoms with van der Waals surface area (Å²) in [5, 5.41) is 8.73. The van der Waals surface area contributed by atoms with E-state index in [1.807, 2.05) is 0 Å². The Morgan fingerprint density at radius 1 is 0.552 bits per heavy atom. The fourth-order valence-corrected chi connectivity index (χ4v) is 4.10. The van der Waals surface area contributed by atoms with Crippen molar-refractivity contribution < 1.29 is 9.90 Å². The Hall–Kier alpha value is -0.570. The minimum atomic E-state index is -0.867. The predicted molar refractivity (Wildman–Crippen MR) is 127 cm³/mol. The van der Waals surface area contributed by atoms with Crippen LogP contribution in [0, 0.1) is 0 Å². The third-order valence-corrected chi connectivity index (χ3v) is 6.19. The van der Waals surface area contributed by atoms with Crippen LogP contribution in [-0.2, 0) is 4.79 Å². The first kappa shape index (κ1) is 28.4. The standard InChI is InChI=1S/C26H53NO2/c1-2-3-4-5-6-7-8-9-10-11-12-13-14-15-16-17-18-19-20-21-22-23-24-25(27)26(28)29/h25H,2-24,27H2,1H3,(H,28,29). The van der Waals surface area contributed by atoms with E-state index in [1.54, 1.807) is 0 Å². The second-order valence-corrected chi connectivity index (χ2v) is 9.16. The Kier molecular flexibility index (Phi) is 23.2. The number of nitrogens with two attached hydrogens (primary N) is 1. The number of hydrogen-bond donors (Lipinski definition) is 2. The van der Waals surface area contributed by atoms with Gasteiger partial charge in [0.15, 0.2) is 0 Å². The van der Waals surface area contributed by atoms with Gasteiger partial charge in [-0.2, -0.15) is 0 Å². The van der Waals surface area contributed by atoms with Crippen molar-refractivity contribution in [2.45, 2.75) is 161 Å². The average molecular weight is 412 g/mol. The molecule has 0 aliphatic heterocycles. The molecule has 0 aromatic heterocycles. The van der Waals surface area contributed by atoms with Crippen molar-refractivity contribution in [2.75, 3.05) is 0 Å². The van der Waals surface area contributed by atoms with Crippen LogP contribution in [0.15, 0.2) is 0 Å². The molecule has 3 N–H and O–H groups in total. The average Bonchev–Trinajstić information content (AvgIpc) is 2.71. The molecule has 0 rings (SSSR count). The second kappa shape index (κ2) is 23.7. The van der Waals surface area contributed by atoms with Crippen molar-refractivity contribution in [1.29, 1.82) is 0 Å². The van der Waals surface area contributed by atoms with Gasteiger partial charge in [-0.25, -0.2) is 0 Å². The maximum absolute atomic E-state index is 10.6. The molecule has 0 aromatic carbocycles. The molecule has 0 amide bonds. The summed E-state index contributed by atoms with van der Waals surface area (Å²) in [5.74, 6) is -0.867. The van der Waals surface area contributed by atoms with Gasteiger partial charge < -0.3 is 10.8 Å². The van der Waals surface area contributed by atoms with E-state index in [0.29, 0.717) is 6.42 Å². The van der Waals surface area contributed by atoms with Crippen LogP contribution >= 0.6 is 0 Å². The largest absolute Gasteiger partial charge is 0.480 e. The Balaban J connectivity index is 3.04.